The lowest BCUT2D eigenvalue weighted by atomic mass is 10.2. The molecule has 1 heterocycles. The molecule has 10 nitrogen and oxygen atoms in total. The summed E-state index contributed by atoms with van der Waals surface area (Å²) in [7, 11) is -5.58. The molecule has 1 aromatic carbocycles. The van der Waals surface area contributed by atoms with Gasteiger partial charge in [0.15, 0.2) is 9.84 Å². The number of carbonyl (C=O) groups is 1. The fourth-order valence-corrected chi connectivity index (χ4v) is 6.35. The Labute approximate surface area is 150 Å². The molecule has 0 unspecified atom stereocenters. The van der Waals surface area contributed by atoms with Crippen molar-refractivity contribution in [2.24, 2.45) is 0 Å². The Kier molecular flexibility index (Phi) is 5.80. The Morgan fingerprint density at radius 3 is 2.38 bits per heavy atom. The minimum atomic E-state index is -4.48. The second-order valence-electron chi connectivity index (χ2n) is 5.67. The Morgan fingerprint density at radius 1 is 1.27 bits per heavy atom. The molecule has 12 heteroatoms. The van der Waals surface area contributed by atoms with Gasteiger partial charge in [-0.2, -0.15) is 4.31 Å². The molecular formula is C14H19NO9S2. The van der Waals surface area contributed by atoms with E-state index in [1.165, 1.54) is 26.4 Å². The highest BCUT2D eigenvalue weighted by Gasteiger charge is 2.46. The molecule has 1 saturated heterocycles. The van der Waals surface area contributed by atoms with Gasteiger partial charge in [-0.1, -0.05) is 0 Å². The first kappa shape index (κ1) is 20.4. The summed E-state index contributed by atoms with van der Waals surface area (Å²) in [5.74, 6) is -2.58. The van der Waals surface area contributed by atoms with Crippen LogP contribution < -0.4 is 9.47 Å². The van der Waals surface area contributed by atoms with Crippen LogP contribution in [0.1, 0.15) is 0 Å². The highest BCUT2D eigenvalue weighted by Crippen LogP contribution is 2.33. The van der Waals surface area contributed by atoms with Gasteiger partial charge in [0.05, 0.1) is 37.9 Å². The van der Waals surface area contributed by atoms with Crippen molar-refractivity contribution in [2.75, 3.05) is 32.3 Å². The van der Waals surface area contributed by atoms with E-state index < -0.39 is 56.0 Å². The third kappa shape index (κ3) is 4.09. The number of aliphatic hydroxyl groups is 1. The van der Waals surface area contributed by atoms with Crippen LogP contribution >= 0.6 is 0 Å². The van der Waals surface area contributed by atoms with Crippen LogP contribution in [0.15, 0.2) is 23.1 Å². The lowest BCUT2D eigenvalue weighted by Gasteiger charge is -2.28. The number of hydrogen-bond acceptors (Lipinski definition) is 8. The molecule has 2 rings (SSSR count). The van der Waals surface area contributed by atoms with Crippen molar-refractivity contribution < 1.29 is 41.3 Å². The van der Waals surface area contributed by atoms with Gasteiger partial charge in [0.2, 0.25) is 10.0 Å². The van der Waals surface area contributed by atoms with E-state index in [1.54, 1.807) is 0 Å². The van der Waals surface area contributed by atoms with Gasteiger partial charge in [0, 0.05) is 6.07 Å². The van der Waals surface area contributed by atoms with Gasteiger partial charge in [-0.3, -0.25) is 4.79 Å². The molecule has 1 aliphatic heterocycles. The summed E-state index contributed by atoms with van der Waals surface area (Å²) in [5.41, 5.74) is 0. The molecule has 0 radical (unpaired) electrons. The van der Waals surface area contributed by atoms with Gasteiger partial charge in [0.1, 0.15) is 22.9 Å². The molecular weight excluding hydrogens is 390 g/mol. The first-order chi connectivity index (χ1) is 12.0. The summed E-state index contributed by atoms with van der Waals surface area (Å²) >= 11 is 0. The van der Waals surface area contributed by atoms with Crippen LogP contribution in [0, 0.1) is 0 Å². The highest BCUT2D eigenvalue weighted by atomic mass is 32.2. The number of ether oxygens (including phenoxy) is 2. The molecule has 1 aliphatic rings. The molecule has 2 N–H and O–H groups in total. The summed E-state index contributed by atoms with van der Waals surface area (Å²) in [5, 5.41) is 19.1. The van der Waals surface area contributed by atoms with Gasteiger partial charge >= 0.3 is 5.97 Å². The van der Waals surface area contributed by atoms with Crippen LogP contribution in [0.25, 0.3) is 0 Å². The standard InChI is InChI=1S/C14H19NO9S2/c1-23-9-3-4-13(12(5-9)24-2)26(21,22)15(6-14(17)18)10-7-25(19,20)8-11(10)16/h3-5,10-11,16H,6-8H2,1-2H3,(H,17,18)/t10-,11+/m1/s1. The van der Waals surface area contributed by atoms with Crippen molar-refractivity contribution in [1.82, 2.24) is 4.31 Å². The van der Waals surface area contributed by atoms with Gasteiger partial charge in [-0.15, -0.1) is 0 Å². The van der Waals surface area contributed by atoms with E-state index >= 15 is 0 Å². The molecule has 2 atom stereocenters. The van der Waals surface area contributed by atoms with Gasteiger partial charge in [0.25, 0.3) is 0 Å². The zero-order valence-corrected chi connectivity index (χ0v) is 15.7. The van der Waals surface area contributed by atoms with Crippen molar-refractivity contribution in [3.05, 3.63) is 18.2 Å². The minimum Gasteiger partial charge on any atom is -0.497 e. The van der Waals surface area contributed by atoms with E-state index in [2.05, 4.69) is 0 Å². The van der Waals surface area contributed by atoms with Crippen molar-refractivity contribution >= 4 is 25.8 Å². The van der Waals surface area contributed by atoms with Crippen LogP contribution in [0.2, 0.25) is 0 Å². The Morgan fingerprint density at radius 2 is 1.92 bits per heavy atom. The predicted octanol–water partition coefficient (Wildman–Crippen LogP) is -1.06. The lowest BCUT2D eigenvalue weighted by molar-refractivity contribution is -0.137. The predicted molar refractivity (Wildman–Crippen MR) is 89.5 cm³/mol. The number of aliphatic carboxylic acids is 1. The average Bonchev–Trinajstić information content (AvgIpc) is 2.83. The molecule has 1 fully saturated rings. The Hall–Kier alpha value is -1.89. The zero-order valence-electron chi connectivity index (χ0n) is 14.0. The van der Waals surface area contributed by atoms with E-state index in [1.807, 2.05) is 0 Å². The number of benzene rings is 1. The molecule has 146 valence electrons. The molecule has 0 amide bonds. The van der Waals surface area contributed by atoms with Crippen molar-refractivity contribution in [3.8, 4) is 11.5 Å². The second-order valence-corrected chi connectivity index (χ2v) is 9.69. The van der Waals surface area contributed by atoms with E-state index in [0.29, 0.717) is 10.1 Å². The molecule has 0 aliphatic carbocycles. The van der Waals surface area contributed by atoms with E-state index in [4.69, 9.17) is 14.6 Å². The summed E-state index contributed by atoms with van der Waals surface area (Å²) in [6, 6.07) is 2.40. The number of methoxy groups -OCH3 is 2. The van der Waals surface area contributed by atoms with E-state index in [9.17, 15) is 26.7 Å². The molecule has 0 spiro atoms. The number of sulfonamides is 1. The van der Waals surface area contributed by atoms with Crippen LogP contribution in [-0.4, -0.2) is 81.7 Å². The average molecular weight is 409 g/mol. The molecule has 1 aromatic rings. The smallest absolute Gasteiger partial charge is 0.318 e. The Balaban J connectivity index is 2.55. The fraction of sp³-hybridized carbons (Fsp3) is 0.500. The normalized spacial score (nSPS) is 22.3. The third-order valence-corrected chi connectivity index (χ3v) is 7.52. The first-order valence-corrected chi connectivity index (χ1v) is 10.6. The molecule has 0 saturated carbocycles. The highest BCUT2D eigenvalue weighted by molar-refractivity contribution is 7.92. The largest absolute Gasteiger partial charge is 0.497 e. The third-order valence-electron chi connectivity index (χ3n) is 3.91. The van der Waals surface area contributed by atoms with Crippen LogP contribution in [-0.2, 0) is 24.7 Å². The number of carboxylic acids is 1. The second kappa shape index (κ2) is 7.39. The van der Waals surface area contributed by atoms with Crippen LogP contribution in [0.3, 0.4) is 0 Å². The first-order valence-electron chi connectivity index (χ1n) is 7.36. The van der Waals surface area contributed by atoms with Crippen LogP contribution in [0.4, 0.5) is 0 Å². The number of rotatable bonds is 7. The summed E-state index contributed by atoms with van der Waals surface area (Å²) < 4.78 is 60.1. The maximum absolute atomic E-state index is 13.0. The summed E-state index contributed by atoms with van der Waals surface area (Å²) in [6.45, 7) is -1.01. The van der Waals surface area contributed by atoms with Gasteiger partial charge < -0.3 is 19.7 Å². The SMILES string of the molecule is COc1ccc(S(=O)(=O)N(CC(=O)O)[C@@H]2CS(=O)(=O)C[C@@H]2O)c(OC)c1. The molecule has 0 aromatic heterocycles. The maximum atomic E-state index is 13.0. The molecule has 26 heavy (non-hydrogen) atoms. The summed E-state index contributed by atoms with van der Waals surface area (Å²) in [6.07, 6.45) is -1.53. The quantitative estimate of drug-likeness (QED) is 0.575. The summed E-state index contributed by atoms with van der Waals surface area (Å²) in [4.78, 5) is 10.8. The number of aliphatic hydroxyl groups excluding tert-OH is 1. The number of carboxylic acid groups (broad SMARTS) is 1. The Bertz CT molecular complexity index is 895. The maximum Gasteiger partial charge on any atom is 0.318 e. The monoisotopic (exact) mass is 409 g/mol. The number of hydrogen-bond donors (Lipinski definition) is 2. The van der Waals surface area contributed by atoms with Crippen LogP contribution in [0.5, 0.6) is 11.5 Å². The molecule has 0 bridgehead atoms. The van der Waals surface area contributed by atoms with Gasteiger partial charge in [-0.25, -0.2) is 16.8 Å². The fourth-order valence-electron chi connectivity index (χ4n) is 2.71. The van der Waals surface area contributed by atoms with E-state index in [0.717, 1.165) is 6.07 Å². The number of sulfone groups is 1. The van der Waals surface area contributed by atoms with Crippen molar-refractivity contribution in [2.45, 2.75) is 17.0 Å². The lowest BCUT2D eigenvalue weighted by Crippen LogP contribution is -2.48. The zero-order chi connectivity index (χ0) is 19.7. The number of nitrogens with zero attached hydrogens (tertiary/aromatic N) is 1. The minimum absolute atomic E-state index is 0.102. The topological polar surface area (TPSA) is 148 Å². The van der Waals surface area contributed by atoms with Crippen molar-refractivity contribution in [3.63, 3.8) is 0 Å². The van der Waals surface area contributed by atoms with E-state index in [-0.39, 0.29) is 10.6 Å². The van der Waals surface area contributed by atoms with Crippen molar-refractivity contribution in [1.29, 1.82) is 0 Å². The van der Waals surface area contributed by atoms with Gasteiger partial charge in [-0.05, 0) is 12.1 Å².